The molecule has 1 unspecified atom stereocenters. The van der Waals surface area contributed by atoms with E-state index in [0.717, 1.165) is 4.90 Å². The van der Waals surface area contributed by atoms with E-state index in [4.69, 9.17) is 16.2 Å². The number of ether oxygens (including phenoxy) is 1. The van der Waals surface area contributed by atoms with E-state index in [2.05, 4.69) is 0 Å². The lowest BCUT2D eigenvalue weighted by atomic mass is 9.83. The molecule has 6 N–H and O–H groups in total. The van der Waals surface area contributed by atoms with Crippen molar-refractivity contribution in [3.05, 3.63) is 0 Å². The average Bonchev–Trinajstić information content (AvgIpc) is 2.52. The first-order chi connectivity index (χ1) is 11.1. The van der Waals surface area contributed by atoms with Gasteiger partial charge >= 0.3 is 0 Å². The molecule has 2 aliphatic rings. The van der Waals surface area contributed by atoms with Crippen molar-refractivity contribution in [2.45, 2.75) is 43.7 Å². The highest BCUT2D eigenvalue weighted by Gasteiger charge is 2.62. The second-order valence-electron chi connectivity index (χ2n) is 6.36. The number of likely N-dealkylation sites (tertiary alicyclic amines) is 1. The summed E-state index contributed by atoms with van der Waals surface area (Å²) >= 11 is 0. The van der Waals surface area contributed by atoms with Crippen LogP contribution in [0.15, 0.2) is 0 Å². The predicted molar refractivity (Wildman–Crippen MR) is 81.3 cm³/mol. The number of nitrogens with zero attached hydrogens (tertiary/aromatic N) is 2. The fraction of sp³-hybridized carbons (Fsp3) is 0.786. The predicted octanol–water partition coefficient (Wildman–Crippen LogP) is -3.63. The molecule has 2 rings (SSSR count). The van der Waals surface area contributed by atoms with Crippen LogP contribution in [0.25, 0.3) is 0 Å². The van der Waals surface area contributed by atoms with Gasteiger partial charge in [-0.05, 0) is 13.8 Å². The third-order valence-corrected chi connectivity index (χ3v) is 4.56. The summed E-state index contributed by atoms with van der Waals surface area (Å²) in [5.74, 6) is -1.92. The Balaban J connectivity index is 2.24. The number of hydrogen-bond donors (Lipinski definition) is 4. The van der Waals surface area contributed by atoms with Crippen LogP contribution in [-0.4, -0.2) is 93.9 Å². The molecule has 2 heterocycles. The molecule has 0 aliphatic carbocycles. The molecule has 3 amide bonds. The molecule has 0 aromatic carbocycles. The molecule has 2 fully saturated rings. The quantitative estimate of drug-likeness (QED) is 0.374. The van der Waals surface area contributed by atoms with Gasteiger partial charge in [-0.3, -0.25) is 14.4 Å². The van der Waals surface area contributed by atoms with Crippen molar-refractivity contribution in [3.63, 3.8) is 0 Å². The first kappa shape index (κ1) is 18.6. The smallest absolute Gasteiger partial charge is 0.253 e. The number of rotatable bonds is 5. The molecular weight excluding hydrogens is 320 g/mol. The van der Waals surface area contributed by atoms with Crippen molar-refractivity contribution >= 4 is 17.7 Å². The van der Waals surface area contributed by atoms with E-state index in [1.807, 2.05) is 0 Å². The summed E-state index contributed by atoms with van der Waals surface area (Å²) in [4.78, 5) is 39.2. The lowest BCUT2D eigenvalue weighted by Gasteiger charge is -2.57. The van der Waals surface area contributed by atoms with E-state index in [0.29, 0.717) is 0 Å². The molecule has 0 radical (unpaired) electrons. The van der Waals surface area contributed by atoms with Gasteiger partial charge in [0.15, 0.2) is 5.54 Å². The molecule has 0 aromatic rings. The van der Waals surface area contributed by atoms with Gasteiger partial charge in [-0.2, -0.15) is 0 Å². The molecule has 0 saturated carbocycles. The van der Waals surface area contributed by atoms with Crippen LogP contribution in [0.4, 0.5) is 0 Å². The van der Waals surface area contributed by atoms with Gasteiger partial charge in [-0.25, -0.2) is 0 Å². The maximum absolute atomic E-state index is 12.7. The summed E-state index contributed by atoms with van der Waals surface area (Å²) < 4.78 is 5.34. The van der Waals surface area contributed by atoms with Crippen LogP contribution in [0.3, 0.4) is 0 Å². The standard InChI is InChI=1S/C14H24N4O6/c1-7(19)9(15)12(22)18-3-4-24-6-14(18)5-17(13(14)23)10(8(2)20)11(16)21/h7-10,19-20H,3-6,15H2,1-2H3,(H2,16,21)/t7-,8-,9+,10+,14?/m1/s1. The Labute approximate surface area is 139 Å². The van der Waals surface area contributed by atoms with Crippen LogP contribution in [0.2, 0.25) is 0 Å². The Hall–Kier alpha value is -1.75. The SMILES string of the molecule is C[C@@H](O)[C@H](N)C(=O)N1CCOCC12CN([C@H](C(N)=O)[C@@H](C)O)C2=O. The minimum atomic E-state index is -1.27. The number of morpholine rings is 1. The second kappa shape index (κ2) is 6.63. The van der Waals surface area contributed by atoms with Crippen LogP contribution in [0, 0.1) is 0 Å². The third kappa shape index (κ3) is 2.86. The zero-order valence-electron chi connectivity index (χ0n) is 13.7. The van der Waals surface area contributed by atoms with Gasteiger partial charge in [-0.15, -0.1) is 0 Å². The number of amides is 3. The first-order valence-corrected chi connectivity index (χ1v) is 7.75. The third-order valence-electron chi connectivity index (χ3n) is 4.56. The van der Waals surface area contributed by atoms with Crippen molar-refractivity contribution in [3.8, 4) is 0 Å². The summed E-state index contributed by atoms with van der Waals surface area (Å²) in [5, 5.41) is 19.2. The van der Waals surface area contributed by atoms with E-state index in [9.17, 15) is 24.6 Å². The second-order valence-corrected chi connectivity index (χ2v) is 6.36. The lowest BCUT2D eigenvalue weighted by Crippen LogP contribution is -2.82. The highest BCUT2D eigenvalue weighted by molar-refractivity contribution is 6.00. The van der Waals surface area contributed by atoms with Crippen LogP contribution in [0.1, 0.15) is 13.8 Å². The number of nitrogens with two attached hydrogens (primary N) is 2. The van der Waals surface area contributed by atoms with E-state index in [-0.39, 0.29) is 26.3 Å². The van der Waals surface area contributed by atoms with Crippen molar-refractivity contribution in [2.24, 2.45) is 11.5 Å². The van der Waals surface area contributed by atoms with Gasteiger partial charge in [0.2, 0.25) is 11.8 Å². The molecule has 10 heteroatoms. The van der Waals surface area contributed by atoms with Gasteiger partial charge in [0.05, 0.1) is 32.0 Å². The lowest BCUT2D eigenvalue weighted by molar-refractivity contribution is -0.196. The molecule has 24 heavy (non-hydrogen) atoms. The first-order valence-electron chi connectivity index (χ1n) is 7.75. The zero-order chi connectivity index (χ0) is 18.2. The van der Waals surface area contributed by atoms with Gasteiger partial charge in [0.1, 0.15) is 12.1 Å². The molecule has 1 spiro atoms. The Morgan fingerprint density at radius 1 is 1.29 bits per heavy atom. The normalized spacial score (nSPS) is 29.0. The molecule has 0 aromatic heterocycles. The fourth-order valence-electron chi connectivity index (χ4n) is 3.18. The van der Waals surface area contributed by atoms with Crippen molar-refractivity contribution < 1.29 is 29.3 Å². The van der Waals surface area contributed by atoms with E-state index >= 15 is 0 Å². The van der Waals surface area contributed by atoms with Crippen LogP contribution >= 0.6 is 0 Å². The number of carbonyl (C=O) groups excluding carboxylic acids is 3. The number of carbonyl (C=O) groups is 3. The number of aliphatic hydroxyl groups excluding tert-OH is 2. The van der Waals surface area contributed by atoms with Crippen molar-refractivity contribution in [2.75, 3.05) is 26.3 Å². The van der Waals surface area contributed by atoms with Crippen LogP contribution in [0.5, 0.6) is 0 Å². The Bertz CT molecular complexity index is 539. The molecule has 136 valence electrons. The summed E-state index contributed by atoms with van der Waals surface area (Å²) in [5.41, 5.74) is 9.69. The molecular formula is C14H24N4O6. The van der Waals surface area contributed by atoms with E-state index in [1.165, 1.54) is 18.7 Å². The van der Waals surface area contributed by atoms with Gasteiger partial charge < -0.3 is 36.2 Å². The highest BCUT2D eigenvalue weighted by atomic mass is 16.5. The van der Waals surface area contributed by atoms with E-state index < -0.39 is 47.6 Å². The highest BCUT2D eigenvalue weighted by Crippen LogP contribution is 2.35. The maximum atomic E-state index is 12.7. The van der Waals surface area contributed by atoms with Crippen molar-refractivity contribution in [1.29, 1.82) is 0 Å². The summed E-state index contributed by atoms with van der Waals surface area (Å²) in [6.45, 7) is 3.10. The molecule has 2 saturated heterocycles. The van der Waals surface area contributed by atoms with Gasteiger partial charge in [0.25, 0.3) is 5.91 Å². The average molecular weight is 344 g/mol. The molecule has 2 aliphatic heterocycles. The van der Waals surface area contributed by atoms with Gasteiger partial charge in [-0.1, -0.05) is 0 Å². The number of β-lactam (4-membered cyclic amide) rings is 1. The fourth-order valence-corrected chi connectivity index (χ4v) is 3.18. The Morgan fingerprint density at radius 3 is 2.38 bits per heavy atom. The zero-order valence-corrected chi connectivity index (χ0v) is 13.7. The van der Waals surface area contributed by atoms with E-state index in [1.54, 1.807) is 0 Å². The number of aliphatic hydroxyl groups is 2. The summed E-state index contributed by atoms with van der Waals surface area (Å²) in [7, 11) is 0. The monoisotopic (exact) mass is 344 g/mol. The van der Waals surface area contributed by atoms with Crippen molar-refractivity contribution in [1.82, 2.24) is 9.80 Å². The topological polar surface area (TPSA) is 159 Å². The largest absolute Gasteiger partial charge is 0.391 e. The summed E-state index contributed by atoms with van der Waals surface area (Å²) in [6, 6.07) is -2.34. The molecule has 0 bridgehead atoms. The molecule has 10 nitrogen and oxygen atoms in total. The van der Waals surface area contributed by atoms with Gasteiger partial charge in [0, 0.05) is 6.54 Å². The molecule has 5 atom stereocenters. The van der Waals surface area contributed by atoms with Crippen LogP contribution in [-0.2, 0) is 19.1 Å². The summed E-state index contributed by atoms with van der Waals surface area (Å²) in [6.07, 6.45) is -2.21. The Kier molecular flexibility index (Phi) is 5.14. The minimum absolute atomic E-state index is 0.00259. The minimum Gasteiger partial charge on any atom is -0.391 e. The van der Waals surface area contributed by atoms with Crippen LogP contribution < -0.4 is 11.5 Å². The number of hydrogen-bond acceptors (Lipinski definition) is 7. The number of primary amides is 1. The Morgan fingerprint density at radius 2 is 1.92 bits per heavy atom. The maximum Gasteiger partial charge on any atom is 0.253 e.